The molecular formula is C20H16ClFN4O3. The van der Waals surface area contributed by atoms with Crippen LogP contribution in [0.15, 0.2) is 59.4 Å². The van der Waals surface area contributed by atoms with Crippen LogP contribution < -0.4 is 16.2 Å². The molecule has 2 aromatic carbocycles. The van der Waals surface area contributed by atoms with E-state index in [4.69, 9.17) is 11.6 Å². The molecule has 0 saturated heterocycles. The predicted octanol–water partition coefficient (Wildman–Crippen LogP) is 3.24. The fraction of sp³-hybridized carbons (Fsp3) is 0.100. The molecule has 3 rings (SSSR count). The van der Waals surface area contributed by atoms with Crippen LogP contribution in [0.4, 0.5) is 15.8 Å². The van der Waals surface area contributed by atoms with Gasteiger partial charge >= 0.3 is 0 Å². The van der Waals surface area contributed by atoms with E-state index >= 15 is 0 Å². The molecule has 0 bridgehead atoms. The second kappa shape index (κ2) is 8.66. The summed E-state index contributed by atoms with van der Waals surface area (Å²) in [6, 6.07) is 13.3. The van der Waals surface area contributed by atoms with Gasteiger partial charge in [0, 0.05) is 17.4 Å². The Hall–Kier alpha value is -3.52. The first-order valence-corrected chi connectivity index (χ1v) is 8.91. The predicted molar refractivity (Wildman–Crippen MR) is 108 cm³/mol. The van der Waals surface area contributed by atoms with Gasteiger partial charge in [0.1, 0.15) is 18.1 Å². The molecule has 0 atom stereocenters. The molecule has 148 valence electrons. The maximum atomic E-state index is 13.2. The molecular weight excluding hydrogens is 399 g/mol. The lowest BCUT2D eigenvalue weighted by Crippen LogP contribution is -2.31. The summed E-state index contributed by atoms with van der Waals surface area (Å²) in [5.74, 6) is -1.72. The number of rotatable bonds is 5. The van der Waals surface area contributed by atoms with Crippen LogP contribution in [0.5, 0.6) is 0 Å². The van der Waals surface area contributed by atoms with Crippen LogP contribution in [0.2, 0.25) is 5.02 Å². The minimum atomic E-state index is -0.616. The molecule has 2 amide bonds. The van der Waals surface area contributed by atoms with Crippen LogP contribution in [0.1, 0.15) is 16.1 Å². The molecule has 0 aliphatic heterocycles. The number of aromatic nitrogens is 2. The molecule has 0 aliphatic rings. The van der Waals surface area contributed by atoms with Crippen LogP contribution >= 0.6 is 11.6 Å². The Labute approximate surface area is 170 Å². The third-order valence-corrected chi connectivity index (χ3v) is 4.20. The Morgan fingerprint density at radius 1 is 1.03 bits per heavy atom. The van der Waals surface area contributed by atoms with E-state index in [1.165, 1.54) is 18.2 Å². The van der Waals surface area contributed by atoms with E-state index in [0.29, 0.717) is 5.69 Å². The highest BCUT2D eigenvalue weighted by molar-refractivity contribution is 6.31. The summed E-state index contributed by atoms with van der Waals surface area (Å²) >= 11 is 5.68. The standard InChI is InChI=1S/C20H16ClFN4O3/c1-12-2-4-13(5-3-12)24-20(29)17-8-9-19(28)26(25-17)11-18(27)23-14-6-7-16(22)15(21)10-14/h2-10H,11H2,1H3,(H,23,27)(H,24,29). The number of hydrogen-bond donors (Lipinski definition) is 2. The molecule has 1 aromatic heterocycles. The summed E-state index contributed by atoms with van der Waals surface area (Å²) in [5.41, 5.74) is 1.31. The second-order valence-electron chi connectivity index (χ2n) is 6.21. The molecule has 3 aromatic rings. The van der Waals surface area contributed by atoms with Crippen molar-refractivity contribution in [3.8, 4) is 0 Å². The lowest BCUT2D eigenvalue weighted by Gasteiger charge is -2.09. The van der Waals surface area contributed by atoms with Gasteiger partial charge in [0.2, 0.25) is 5.91 Å². The van der Waals surface area contributed by atoms with Gasteiger partial charge in [0.15, 0.2) is 0 Å². The quantitative estimate of drug-likeness (QED) is 0.670. The molecule has 0 aliphatic carbocycles. The zero-order valence-electron chi connectivity index (χ0n) is 15.3. The first kappa shape index (κ1) is 20.2. The first-order valence-electron chi connectivity index (χ1n) is 8.53. The van der Waals surface area contributed by atoms with Gasteiger partial charge in [-0.3, -0.25) is 14.4 Å². The van der Waals surface area contributed by atoms with Crippen molar-refractivity contribution in [2.45, 2.75) is 13.5 Å². The molecule has 0 unspecified atom stereocenters. The molecule has 1 heterocycles. The molecule has 0 saturated carbocycles. The number of hydrogen-bond acceptors (Lipinski definition) is 4. The van der Waals surface area contributed by atoms with Crippen molar-refractivity contribution in [3.05, 3.63) is 87.0 Å². The third-order valence-electron chi connectivity index (χ3n) is 3.91. The third kappa shape index (κ3) is 5.26. The molecule has 29 heavy (non-hydrogen) atoms. The summed E-state index contributed by atoms with van der Waals surface area (Å²) in [7, 11) is 0. The summed E-state index contributed by atoms with van der Waals surface area (Å²) < 4.78 is 14.1. The maximum absolute atomic E-state index is 13.2. The van der Waals surface area contributed by atoms with Crippen LogP contribution in [0.3, 0.4) is 0 Å². The minimum absolute atomic E-state index is 0.0252. The zero-order valence-corrected chi connectivity index (χ0v) is 16.0. The van der Waals surface area contributed by atoms with Crippen molar-refractivity contribution < 1.29 is 14.0 Å². The number of nitrogens with one attached hydrogen (secondary N) is 2. The topological polar surface area (TPSA) is 93.1 Å². The normalized spacial score (nSPS) is 10.4. The molecule has 7 nitrogen and oxygen atoms in total. The van der Waals surface area contributed by atoms with E-state index in [9.17, 15) is 18.8 Å². The number of anilines is 2. The van der Waals surface area contributed by atoms with Crippen molar-refractivity contribution in [1.29, 1.82) is 0 Å². The van der Waals surface area contributed by atoms with Crippen molar-refractivity contribution >= 4 is 34.8 Å². The number of benzene rings is 2. The van der Waals surface area contributed by atoms with E-state index in [0.717, 1.165) is 22.4 Å². The summed E-state index contributed by atoms with van der Waals surface area (Å²) in [6.45, 7) is 1.49. The van der Waals surface area contributed by atoms with Crippen LogP contribution in [0.25, 0.3) is 0 Å². The Balaban J connectivity index is 1.71. The average Bonchev–Trinajstić information content (AvgIpc) is 2.68. The van der Waals surface area contributed by atoms with Gasteiger partial charge in [-0.05, 0) is 43.3 Å². The van der Waals surface area contributed by atoms with Crippen LogP contribution in [0, 0.1) is 12.7 Å². The van der Waals surface area contributed by atoms with Gasteiger partial charge in [-0.15, -0.1) is 0 Å². The Bertz CT molecular complexity index is 1130. The molecule has 0 radical (unpaired) electrons. The SMILES string of the molecule is Cc1ccc(NC(=O)c2ccc(=O)n(CC(=O)Nc3ccc(F)c(Cl)c3)n2)cc1. The number of carbonyl (C=O) groups excluding carboxylic acids is 2. The van der Waals surface area contributed by atoms with E-state index in [-0.39, 0.29) is 16.4 Å². The monoisotopic (exact) mass is 414 g/mol. The van der Waals surface area contributed by atoms with Crippen LogP contribution in [-0.2, 0) is 11.3 Å². The molecule has 0 fully saturated rings. The van der Waals surface area contributed by atoms with Gasteiger partial charge in [-0.2, -0.15) is 5.10 Å². The highest BCUT2D eigenvalue weighted by atomic mass is 35.5. The number of halogens is 2. The van der Waals surface area contributed by atoms with Crippen molar-refractivity contribution in [2.75, 3.05) is 10.6 Å². The highest BCUT2D eigenvalue weighted by Crippen LogP contribution is 2.19. The fourth-order valence-corrected chi connectivity index (χ4v) is 2.61. The Kier molecular flexibility index (Phi) is 6.04. The number of carbonyl (C=O) groups is 2. The molecule has 2 N–H and O–H groups in total. The van der Waals surface area contributed by atoms with Crippen molar-refractivity contribution in [3.63, 3.8) is 0 Å². The van der Waals surface area contributed by atoms with E-state index in [1.807, 2.05) is 19.1 Å². The average molecular weight is 415 g/mol. The second-order valence-corrected chi connectivity index (χ2v) is 6.62. The van der Waals surface area contributed by atoms with Gasteiger partial charge in [0.05, 0.1) is 5.02 Å². The van der Waals surface area contributed by atoms with E-state index in [2.05, 4.69) is 15.7 Å². The van der Waals surface area contributed by atoms with Crippen molar-refractivity contribution in [2.24, 2.45) is 0 Å². The van der Waals surface area contributed by atoms with Crippen molar-refractivity contribution in [1.82, 2.24) is 9.78 Å². The smallest absolute Gasteiger partial charge is 0.276 e. The fourth-order valence-electron chi connectivity index (χ4n) is 2.43. The minimum Gasteiger partial charge on any atom is -0.324 e. The van der Waals surface area contributed by atoms with Gasteiger partial charge in [-0.1, -0.05) is 29.3 Å². The zero-order chi connectivity index (χ0) is 21.0. The Morgan fingerprint density at radius 3 is 2.41 bits per heavy atom. The summed E-state index contributed by atoms with van der Waals surface area (Å²) in [4.78, 5) is 36.5. The van der Waals surface area contributed by atoms with E-state index in [1.54, 1.807) is 12.1 Å². The van der Waals surface area contributed by atoms with Gasteiger partial charge < -0.3 is 10.6 Å². The highest BCUT2D eigenvalue weighted by Gasteiger charge is 2.13. The van der Waals surface area contributed by atoms with Gasteiger partial charge in [-0.25, -0.2) is 9.07 Å². The Morgan fingerprint density at radius 2 is 1.72 bits per heavy atom. The lowest BCUT2D eigenvalue weighted by atomic mass is 10.2. The molecule has 0 spiro atoms. The maximum Gasteiger partial charge on any atom is 0.276 e. The number of amides is 2. The molecule has 9 heteroatoms. The van der Waals surface area contributed by atoms with E-state index < -0.39 is 29.7 Å². The number of aryl methyl sites for hydroxylation is 1. The first-order chi connectivity index (χ1) is 13.8. The summed E-state index contributed by atoms with van der Waals surface area (Å²) in [6.07, 6.45) is 0. The number of nitrogens with zero attached hydrogens (tertiary/aromatic N) is 2. The van der Waals surface area contributed by atoms with Crippen LogP contribution in [-0.4, -0.2) is 21.6 Å². The largest absolute Gasteiger partial charge is 0.324 e. The summed E-state index contributed by atoms with van der Waals surface area (Å²) in [5, 5.41) is 8.96. The van der Waals surface area contributed by atoms with Gasteiger partial charge in [0.25, 0.3) is 11.5 Å². The lowest BCUT2D eigenvalue weighted by molar-refractivity contribution is -0.117.